The fraction of sp³-hybridized carbons (Fsp3) is 0.381. The number of benzene rings is 1. The summed E-state index contributed by atoms with van der Waals surface area (Å²) >= 11 is 2.93. The van der Waals surface area contributed by atoms with E-state index in [9.17, 15) is 9.59 Å². The third kappa shape index (κ3) is 3.79. The van der Waals surface area contributed by atoms with Crippen LogP contribution in [0.4, 0.5) is 0 Å². The van der Waals surface area contributed by atoms with Gasteiger partial charge in [0.15, 0.2) is 16.5 Å². The Morgan fingerprint density at radius 2 is 2.10 bits per heavy atom. The molecule has 0 radical (unpaired) electrons. The van der Waals surface area contributed by atoms with Crippen LogP contribution in [0.5, 0.6) is 11.5 Å². The van der Waals surface area contributed by atoms with Gasteiger partial charge in [-0.1, -0.05) is 6.07 Å². The van der Waals surface area contributed by atoms with E-state index in [0.29, 0.717) is 35.4 Å². The Kier molecular flexibility index (Phi) is 5.39. The molecular formula is C21H21N3O4S2. The molecule has 30 heavy (non-hydrogen) atoms. The van der Waals surface area contributed by atoms with E-state index >= 15 is 0 Å². The van der Waals surface area contributed by atoms with Gasteiger partial charge in [-0.15, -0.1) is 23.1 Å². The van der Waals surface area contributed by atoms with Crippen molar-refractivity contribution in [1.29, 1.82) is 0 Å². The Morgan fingerprint density at radius 3 is 3.00 bits per heavy atom. The number of carbonyl (C=O) groups excluding carboxylic acids is 1. The van der Waals surface area contributed by atoms with Gasteiger partial charge >= 0.3 is 0 Å². The maximum atomic E-state index is 12.9. The van der Waals surface area contributed by atoms with Crippen LogP contribution in [0.15, 0.2) is 40.6 Å². The Balaban J connectivity index is 1.23. The molecule has 4 heterocycles. The molecule has 2 aliphatic heterocycles. The molecule has 0 spiro atoms. The van der Waals surface area contributed by atoms with Crippen LogP contribution in [0, 0.1) is 0 Å². The first kappa shape index (κ1) is 19.4. The fourth-order valence-electron chi connectivity index (χ4n) is 3.97. The molecule has 1 fully saturated rings. The molecule has 0 bridgehead atoms. The lowest BCUT2D eigenvalue weighted by Gasteiger charge is -2.26. The maximum Gasteiger partial charge on any atom is 0.258 e. The largest absolute Gasteiger partial charge is 0.486 e. The first-order chi connectivity index (χ1) is 14.7. The van der Waals surface area contributed by atoms with Crippen molar-refractivity contribution in [3.8, 4) is 11.5 Å². The summed E-state index contributed by atoms with van der Waals surface area (Å²) < 4.78 is 12.8. The summed E-state index contributed by atoms with van der Waals surface area (Å²) in [7, 11) is 0. The normalized spacial score (nSPS) is 18.1. The number of likely N-dealkylation sites (tertiary alicyclic amines) is 1. The van der Waals surface area contributed by atoms with Crippen LogP contribution in [-0.2, 0) is 10.5 Å². The molecule has 1 aromatic carbocycles. The summed E-state index contributed by atoms with van der Waals surface area (Å²) in [5.74, 6) is 2.55. The van der Waals surface area contributed by atoms with Crippen molar-refractivity contribution in [2.24, 2.45) is 0 Å². The average molecular weight is 444 g/mol. The summed E-state index contributed by atoms with van der Waals surface area (Å²) in [5.41, 5.74) is 1.72. The summed E-state index contributed by atoms with van der Waals surface area (Å²) in [6.07, 6.45) is 3.66. The highest BCUT2D eigenvalue weighted by Crippen LogP contribution is 2.38. The van der Waals surface area contributed by atoms with Gasteiger partial charge in [0.2, 0.25) is 5.91 Å². The standard InChI is InChI=1S/C21H21N3O4S2/c25-19-11-15(22-21-24(19)6-9-30-21)12-29-13-20(26)23-5-1-2-16(23)14-3-4-17-18(10-14)28-8-7-27-17/h3-4,6,9-11,16H,1-2,5,7-8,12-13H2/t16-/m1/s1. The Bertz CT molecular complexity index is 1140. The molecule has 1 saturated heterocycles. The zero-order valence-corrected chi connectivity index (χ0v) is 17.9. The van der Waals surface area contributed by atoms with E-state index < -0.39 is 0 Å². The maximum absolute atomic E-state index is 12.9. The molecule has 0 aliphatic carbocycles. The molecule has 2 aromatic heterocycles. The van der Waals surface area contributed by atoms with Crippen molar-refractivity contribution < 1.29 is 14.3 Å². The van der Waals surface area contributed by atoms with Crippen LogP contribution in [0.1, 0.15) is 30.1 Å². The summed E-state index contributed by atoms with van der Waals surface area (Å²) in [4.78, 5) is 32.2. The van der Waals surface area contributed by atoms with Gasteiger partial charge in [-0.3, -0.25) is 14.0 Å². The second-order valence-electron chi connectivity index (χ2n) is 7.28. The van der Waals surface area contributed by atoms with E-state index in [4.69, 9.17) is 9.47 Å². The summed E-state index contributed by atoms with van der Waals surface area (Å²) in [6, 6.07) is 7.59. The number of nitrogens with zero attached hydrogens (tertiary/aromatic N) is 3. The quantitative estimate of drug-likeness (QED) is 0.603. The molecule has 2 aliphatic rings. The molecule has 0 N–H and O–H groups in total. The first-order valence-electron chi connectivity index (χ1n) is 9.91. The molecule has 156 valence electrons. The first-order valence-corrected chi connectivity index (χ1v) is 11.9. The zero-order chi connectivity index (χ0) is 20.5. The number of ether oxygens (including phenoxy) is 2. The minimum Gasteiger partial charge on any atom is -0.486 e. The highest BCUT2D eigenvalue weighted by atomic mass is 32.2. The van der Waals surface area contributed by atoms with E-state index in [1.807, 2.05) is 28.5 Å². The third-order valence-electron chi connectivity index (χ3n) is 5.36. The van der Waals surface area contributed by atoms with E-state index in [1.54, 1.807) is 12.3 Å². The van der Waals surface area contributed by atoms with Crippen molar-refractivity contribution in [2.45, 2.75) is 24.6 Å². The van der Waals surface area contributed by atoms with E-state index in [1.165, 1.54) is 27.5 Å². The monoisotopic (exact) mass is 443 g/mol. The molecule has 1 amide bonds. The highest BCUT2D eigenvalue weighted by molar-refractivity contribution is 7.99. The predicted molar refractivity (Wildman–Crippen MR) is 117 cm³/mol. The van der Waals surface area contributed by atoms with E-state index in [2.05, 4.69) is 4.98 Å². The van der Waals surface area contributed by atoms with Gasteiger partial charge in [0, 0.05) is 29.9 Å². The van der Waals surface area contributed by atoms with Crippen LogP contribution < -0.4 is 15.0 Å². The summed E-state index contributed by atoms with van der Waals surface area (Å²) in [6.45, 7) is 1.88. The number of carbonyl (C=O) groups is 1. The number of fused-ring (bicyclic) bond motifs is 2. The van der Waals surface area contributed by atoms with Gasteiger partial charge < -0.3 is 14.4 Å². The SMILES string of the molecule is O=C(CSCc1cc(=O)n2ccsc2n1)N1CCC[C@@H]1c1ccc2c(c1)OCCO2. The van der Waals surface area contributed by atoms with E-state index in [-0.39, 0.29) is 17.5 Å². The number of aromatic nitrogens is 2. The van der Waals surface area contributed by atoms with Gasteiger partial charge in [-0.2, -0.15) is 0 Å². The second-order valence-corrected chi connectivity index (χ2v) is 9.14. The molecule has 7 nitrogen and oxygen atoms in total. The smallest absolute Gasteiger partial charge is 0.258 e. The Morgan fingerprint density at radius 1 is 1.23 bits per heavy atom. The van der Waals surface area contributed by atoms with Crippen molar-refractivity contribution in [2.75, 3.05) is 25.5 Å². The second kappa shape index (κ2) is 8.31. The van der Waals surface area contributed by atoms with Crippen LogP contribution in [0.2, 0.25) is 0 Å². The predicted octanol–water partition coefficient (Wildman–Crippen LogP) is 3.12. The van der Waals surface area contributed by atoms with Gasteiger partial charge in [-0.05, 0) is 30.5 Å². The zero-order valence-electron chi connectivity index (χ0n) is 16.3. The van der Waals surface area contributed by atoms with Gasteiger partial charge in [0.1, 0.15) is 13.2 Å². The average Bonchev–Trinajstić information content (AvgIpc) is 3.43. The van der Waals surface area contributed by atoms with Crippen LogP contribution in [0.25, 0.3) is 4.96 Å². The van der Waals surface area contributed by atoms with Crippen molar-refractivity contribution in [1.82, 2.24) is 14.3 Å². The lowest BCUT2D eigenvalue weighted by Crippen LogP contribution is -2.32. The molecule has 0 saturated carbocycles. The van der Waals surface area contributed by atoms with Crippen molar-refractivity contribution in [3.05, 3.63) is 57.5 Å². The molecule has 1 atom stereocenters. The molecular weight excluding hydrogens is 422 g/mol. The number of hydrogen-bond acceptors (Lipinski definition) is 7. The molecule has 5 rings (SSSR count). The highest BCUT2D eigenvalue weighted by Gasteiger charge is 2.30. The van der Waals surface area contributed by atoms with Crippen LogP contribution in [0.3, 0.4) is 0 Å². The topological polar surface area (TPSA) is 73.1 Å². The van der Waals surface area contributed by atoms with Gasteiger partial charge in [0.25, 0.3) is 5.56 Å². The fourth-order valence-corrected chi connectivity index (χ4v) is 5.50. The number of thiazole rings is 1. The number of thioether (sulfide) groups is 1. The number of amides is 1. The Hall–Kier alpha value is -2.52. The molecule has 3 aromatic rings. The number of rotatable bonds is 5. The third-order valence-corrected chi connectivity index (χ3v) is 7.06. The number of hydrogen-bond donors (Lipinski definition) is 0. The lowest BCUT2D eigenvalue weighted by molar-refractivity contribution is -0.129. The minimum absolute atomic E-state index is 0.0687. The van der Waals surface area contributed by atoms with Crippen molar-refractivity contribution in [3.63, 3.8) is 0 Å². The van der Waals surface area contributed by atoms with Crippen molar-refractivity contribution >= 4 is 34.0 Å². The van der Waals surface area contributed by atoms with Crippen LogP contribution >= 0.6 is 23.1 Å². The lowest BCUT2D eigenvalue weighted by atomic mass is 10.0. The van der Waals surface area contributed by atoms with Crippen LogP contribution in [-0.4, -0.2) is 45.7 Å². The molecule has 0 unspecified atom stereocenters. The van der Waals surface area contributed by atoms with Gasteiger partial charge in [-0.25, -0.2) is 4.98 Å². The Labute approximate surface area is 181 Å². The summed E-state index contributed by atoms with van der Waals surface area (Å²) in [5, 5.41) is 1.84. The molecule has 9 heteroatoms. The minimum atomic E-state index is -0.0820. The van der Waals surface area contributed by atoms with E-state index in [0.717, 1.165) is 36.4 Å². The van der Waals surface area contributed by atoms with Gasteiger partial charge in [0.05, 0.1) is 17.5 Å².